The number of hydrogen-bond acceptors (Lipinski definition) is 5. The van der Waals surface area contributed by atoms with Gasteiger partial charge in [0, 0.05) is 62.8 Å². The molecule has 0 saturated carbocycles. The van der Waals surface area contributed by atoms with Gasteiger partial charge >= 0.3 is 6.03 Å². The molecule has 0 aliphatic carbocycles. The highest BCUT2D eigenvalue weighted by Crippen LogP contribution is 2.22. The molecule has 1 fully saturated rings. The van der Waals surface area contributed by atoms with Gasteiger partial charge in [0.15, 0.2) is 0 Å². The zero-order chi connectivity index (χ0) is 18.5. The lowest BCUT2D eigenvalue weighted by Gasteiger charge is -2.32. The largest absolute Gasteiger partial charge is 0.379 e. The van der Waals surface area contributed by atoms with Crippen LogP contribution in [0, 0.1) is 0 Å². The first-order valence-corrected chi connectivity index (χ1v) is 8.83. The molecule has 3 amide bonds. The van der Waals surface area contributed by atoms with Crippen molar-refractivity contribution in [2.75, 3.05) is 51.8 Å². The minimum Gasteiger partial charge on any atom is -0.379 e. The lowest BCUT2D eigenvalue weighted by atomic mass is 10.1. The predicted molar refractivity (Wildman–Crippen MR) is 98.6 cm³/mol. The van der Waals surface area contributed by atoms with Crippen LogP contribution in [-0.2, 0) is 16.1 Å². The number of fused-ring (bicyclic) bond motifs is 1. The Morgan fingerprint density at radius 2 is 2.19 bits per heavy atom. The third-order valence-electron chi connectivity index (χ3n) is 4.37. The highest BCUT2D eigenvalue weighted by Gasteiger charge is 2.24. The van der Waals surface area contributed by atoms with Crippen LogP contribution in [0.15, 0.2) is 18.3 Å². The lowest BCUT2D eigenvalue weighted by Crippen LogP contribution is -2.45. The Kier molecular flexibility index (Phi) is 6.08. The fraction of sp³-hybridized carbons (Fsp3) is 0.471. The number of carbonyl (C=O) groups excluding carboxylic acids is 2. The van der Waals surface area contributed by atoms with E-state index in [0.717, 1.165) is 48.4 Å². The summed E-state index contributed by atoms with van der Waals surface area (Å²) in [6.07, 6.45) is 4.65. The molecule has 140 valence electrons. The standard InChI is InChI=1S/C17H22ClN5O3/c1-21(18)15(24)3-2-13-10-14-12-23(17(25)20-16(14)19-11-13)5-4-22-6-8-26-9-7-22/h2-3,10-11H,4-9,12H2,1H3,(H,19,20,25). The van der Waals surface area contributed by atoms with Crippen LogP contribution in [0.4, 0.5) is 10.6 Å². The molecular formula is C17H22ClN5O3. The fourth-order valence-electron chi connectivity index (χ4n) is 2.85. The summed E-state index contributed by atoms with van der Waals surface area (Å²) in [5, 5.41) is 2.82. The van der Waals surface area contributed by atoms with Crippen molar-refractivity contribution < 1.29 is 14.3 Å². The molecule has 1 aromatic heterocycles. The van der Waals surface area contributed by atoms with Crippen molar-refractivity contribution >= 4 is 35.6 Å². The second-order valence-corrected chi connectivity index (χ2v) is 6.74. The monoisotopic (exact) mass is 379 g/mol. The SMILES string of the molecule is CN(Cl)C(=O)C=Cc1cnc2c(c1)CN(CCN1CCOCC1)C(=O)N2. The van der Waals surface area contributed by atoms with Crippen LogP contribution >= 0.6 is 11.8 Å². The third kappa shape index (κ3) is 4.72. The van der Waals surface area contributed by atoms with E-state index in [4.69, 9.17) is 16.5 Å². The van der Waals surface area contributed by atoms with Crippen molar-refractivity contribution in [2.45, 2.75) is 6.54 Å². The molecule has 1 aromatic rings. The van der Waals surface area contributed by atoms with E-state index >= 15 is 0 Å². The summed E-state index contributed by atoms with van der Waals surface area (Å²) in [6, 6.07) is 1.78. The Morgan fingerprint density at radius 1 is 1.42 bits per heavy atom. The van der Waals surface area contributed by atoms with Crippen LogP contribution < -0.4 is 5.32 Å². The first-order chi connectivity index (χ1) is 12.5. The maximum atomic E-state index is 12.3. The van der Waals surface area contributed by atoms with Gasteiger partial charge in [-0.15, -0.1) is 0 Å². The van der Waals surface area contributed by atoms with E-state index in [9.17, 15) is 9.59 Å². The maximum Gasteiger partial charge on any atom is 0.323 e. The quantitative estimate of drug-likeness (QED) is 0.618. The van der Waals surface area contributed by atoms with Crippen LogP contribution in [0.25, 0.3) is 6.08 Å². The number of morpholine rings is 1. The molecule has 0 aromatic carbocycles. The van der Waals surface area contributed by atoms with E-state index in [2.05, 4.69) is 15.2 Å². The summed E-state index contributed by atoms with van der Waals surface area (Å²) < 4.78 is 6.32. The number of nitrogens with zero attached hydrogens (tertiary/aromatic N) is 4. The summed E-state index contributed by atoms with van der Waals surface area (Å²) in [5.41, 5.74) is 1.69. The summed E-state index contributed by atoms with van der Waals surface area (Å²) in [7, 11) is 1.47. The van der Waals surface area contributed by atoms with E-state index in [1.54, 1.807) is 17.2 Å². The molecule has 0 radical (unpaired) electrons. The van der Waals surface area contributed by atoms with Gasteiger partial charge < -0.3 is 9.64 Å². The summed E-state index contributed by atoms with van der Waals surface area (Å²) >= 11 is 5.59. The molecule has 0 unspecified atom stereocenters. The van der Waals surface area contributed by atoms with Gasteiger partial charge in [-0.25, -0.2) is 9.78 Å². The molecule has 9 heteroatoms. The summed E-state index contributed by atoms with van der Waals surface area (Å²) in [4.78, 5) is 32.1. The van der Waals surface area contributed by atoms with Crippen molar-refractivity contribution in [3.63, 3.8) is 0 Å². The van der Waals surface area contributed by atoms with Crippen molar-refractivity contribution in [1.82, 2.24) is 19.2 Å². The molecule has 2 aliphatic heterocycles. The van der Waals surface area contributed by atoms with Gasteiger partial charge in [0.1, 0.15) is 5.82 Å². The smallest absolute Gasteiger partial charge is 0.323 e. The Labute approximate surface area is 157 Å². The number of hydrogen-bond donors (Lipinski definition) is 1. The number of urea groups is 1. The van der Waals surface area contributed by atoms with Gasteiger partial charge in [-0.1, -0.05) is 0 Å². The second kappa shape index (κ2) is 8.48. The van der Waals surface area contributed by atoms with Crippen molar-refractivity contribution in [3.8, 4) is 0 Å². The first kappa shape index (κ1) is 18.6. The van der Waals surface area contributed by atoms with Crippen molar-refractivity contribution in [1.29, 1.82) is 0 Å². The maximum absolute atomic E-state index is 12.3. The molecule has 26 heavy (non-hydrogen) atoms. The number of likely N-dealkylation sites (N-methyl/N-ethyl adjacent to an activating group) is 1. The van der Waals surface area contributed by atoms with E-state index in [-0.39, 0.29) is 11.9 Å². The Morgan fingerprint density at radius 3 is 2.92 bits per heavy atom. The zero-order valence-corrected chi connectivity index (χ0v) is 15.4. The number of anilines is 1. The van der Waals surface area contributed by atoms with Gasteiger partial charge in [-0.3, -0.25) is 19.4 Å². The molecule has 1 saturated heterocycles. The number of halogens is 1. The normalized spacial score (nSPS) is 17.9. The van der Waals surface area contributed by atoms with E-state index in [1.807, 2.05) is 6.07 Å². The molecule has 3 rings (SSSR count). The average Bonchev–Trinajstić information content (AvgIpc) is 2.65. The molecule has 8 nitrogen and oxygen atoms in total. The van der Waals surface area contributed by atoms with Gasteiger partial charge in [0.05, 0.1) is 19.8 Å². The van der Waals surface area contributed by atoms with Crippen LogP contribution in [0.2, 0.25) is 0 Å². The number of nitrogens with one attached hydrogen (secondary N) is 1. The number of pyridine rings is 1. The fourth-order valence-corrected chi connectivity index (χ4v) is 2.90. The molecule has 2 aliphatic rings. The molecule has 0 spiro atoms. The van der Waals surface area contributed by atoms with E-state index < -0.39 is 0 Å². The number of rotatable bonds is 5. The van der Waals surface area contributed by atoms with Gasteiger partial charge in [0.2, 0.25) is 0 Å². The highest BCUT2D eigenvalue weighted by atomic mass is 35.5. The van der Waals surface area contributed by atoms with E-state index in [0.29, 0.717) is 18.9 Å². The first-order valence-electron chi connectivity index (χ1n) is 8.49. The Bertz CT molecular complexity index is 704. The number of ether oxygens (including phenoxy) is 1. The molecule has 0 bridgehead atoms. The van der Waals surface area contributed by atoms with E-state index in [1.165, 1.54) is 13.1 Å². The lowest BCUT2D eigenvalue weighted by molar-refractivity contribution is -0.120. The average molecular weight is 380 g/mol. The van der Waals surface area contributed by atoms with Gasteiger partial charge in [-0.2, -0.15) is 0 Å². The summed E-state index contributed by atoms with van der Waals surface area (Å²) in [5.74, 6) is 0.250. The number of amides is 3. The van der Waals surface area contributed by atoms with Crippen LogP contribution in [-0.4, -0.2) is 77.6 Å². The predicted octanol–water partition coefficient (Wildman–Crippen LogP) is 1.39. The van der Waals surface area contributed by atoms with Crippen LogP contribution in [0.1, 0.15) is 11.1 Å². The Balaban J connectivity index is 1.63. The molecule has 1 N–H and O–H groups in total. The van der Waals surface area contributed by atoms with Gasteiger partial charge in [0.25, 0.3) is 5.91 Å². The topological polar surface area (TPSA) is 78.0 Å². The minimum absolute atomic E-state index is 0.138. The Hall–Kier alpha value is -2.16. The van der Waals surface area contributed by atoms with Gasteiger partial charge in [-0.05, 0) is 17.7 Å². The molecular weight excluding hydrogens is 358 g/mol. The van der Waals surface area contributed by atoms with Crippen LogP contribution in [0.3, 0.4) is 0 Å². The van der Waals surface area contributed by atoms with Crippen molar-refractivity contribution in [3.05, 3.63) is 29.5 Å². The number of aromatic nitrogens is 1. The molecule has 3 heterocycles. The second-order valence-electron chi connectivity index (χ2n) is 6.23. The van der Waals surface area contributed by atoms with Crippen molar-refractivity contribution in [2.24, 2.45) is 0 Å². The molecule has 0 atom stereocenters. The minimum atomic E-state index is -0.315. The zero-order valence-electron chi connectivity index (χ0n) is 14.7. The number of carbonyl (C=O) groups is 2. The third-order valence-corrected chi connectivity index (χ3v) is 4.54. The van der Waals surface area contributed by atoms with Crippen LogP contribution in [0.5, 0.6) is 0 Å². The highest BCUT2D eigenvalue weighted by molar-refractivity contribution is 6.23. The summed E-state index contributed by atoms with van der Waals surface area (Å²) in [6.45, 7) is 5.22.